The zero-order valence-electron chi connectivity index (χ0n) is 18.4. The first kappa shape index (κ1) is 21.6. The molecule has 7 heteroatoms. The smallest absolute Gasteiger partial charge is 0.266 e. The van der Waals surface area contributed by atoms with Gasteiger partial charge in [-0.3, -0.25) is 9.59 Å². The highest BCUT2D eigenvalue weighted by Crippen LogP contribution is 2.32. The van der Waals surface area contributed by atoms with Crippen LogP contribution >= 0.6 is 0 Å². The SMILES string of the molecule is COc1cccc(C(=O)N2CCC(Cn3nc(-c4ccccc4)ccc3=O)CC2)c1OC. The van der Waals surface area contributed by atoms with Gasteiger partial charge in [-0.05, 0) is 37.0 Å². The second-order valence-electron chi connectivity index (χ2n) is 7.88. The minimum Gasteiger partial charge on any atom is -0.493 e. The number of para-hydroxylation sites is 1. The van der Waals surface area contributed by atoms with E-state index >= 15 is 0 Å². The van der Waals surface area contributed by atoms with Gasteiger partial charge in [0.15, 0.2) is 11.5 Å². The number of aromatic nitrogens is 2. The molecule has 2 heterocycles. The molecule has 0 atom stereocenters. The van der Waals surface area contributed by atoms with Crippen molar-refractivity contribution in [2.45, 2.75) is 19.4 Å². The molecule has 0 radical (unpaired) electrons. The van der Waals surface area contributed by atoms with Crippen LogP contribution in [-0.2, 0) is 6.54 Å². The topological polar surface area (TPSA) is 73.7 Å². The van der Waals surface area contributed by atoms with Gasteiger partial charge >= 0.3 is 0 Å². The Kier molecular flexibility index (Phi) is 6.54. The van der Waals surface area contributed by atoms with Gasteiger partial charge in [0, 0.05) is 31.3 Å². The van der Waals surface area contributed by atoms with Gasteiger partial charge in [-0.2, -0.15) is 5.10 Å². The average Bonchev–Trinajstić information content (AvgIpc) is 2.85. The summed E-state index contributed by atoms with van der Waals surface area (Å²) in [5.74, 6) is 1.20. The number of likely N-dealkylation sites (tertiary alicyclic amines) is 1. The van der Waals surface area contributed by atoms with E-state index in [0.717, 1.165) is 24.1 Å². The van der Waals surface area contributed by atoms with Gasteiger partial charge in [-0.25, -0.2) is 4.68 Å². The molecular formula is C25H27N3O4. The minimum absolute atomic E-state index is 0.0689. The molecule has 166 valence electrons. The van der Waals surface area contributed by atoms with Crippen molar-refractivity contribution in [1.29, 1.82) is 0 Å². The predicted molar refractivity (Wildman–Crippen MR) is 122 cm³/mol. The molecule has 1 fully saturated rings. The number of hydrogen-bond donors (Lipinski definition) is 0. The molecule has 3 aromatic rings. The molecule has 2 aromatic carbocycles. The summed E-state index contributed by atoms with van der Waals surface area (Å²) in [5, 5.41) is 4.57. The van der Waals surface area contributed by atoms with Crippen LogP contribution in [0.1, 0.15) is 23.2 Å². The molecule has 7 nitrogen and oxygen atoms in total. The lowest BCUT2D eigenvalue weighted by Crippen LogP contribution is -2.40. The van der Waals surface area contributed by atoms with Crippen LogP contribution in [0.15, 0.2) is 65.5 Å². The minimum atomic E-state index is -0.107. The lowest BCUT2D eigenvalue weighted by molar-refractivity contribution is 0.0676. The van der Waals surface area contributed by atoms with Crippen molar-refractivity contribution in [3.05, 3.63) is 76.6 Å². The average molecular weight is 434 g/mol. The van der Waals surface area contributed by atoms with Crippen LogP contribution in [-0.4, -0.2) is 47.9 Å². The Bertz CT molecular complexity index is 1140. The first-order chi connectivity index (χ1) is 15.6. The molecule has 32 heavy (non-hydrogen) atoms. The first-order valence-corrected chi connectivity index (χ1v) is 10.7. The van der Waals surface area contributed by atoms with Crippen LogP contribution in [0.4, 0.5) is 0 Å². The van der Waals surface area contributed by atoms with Gasteiger partial charge in [-0.15, -0.1) is 0 Å². The van der Waals surface area contributed by atoms with Crippen molar-refractivity contribution in [3.63, 3.8) is 0 Å². The van der Waals surface area contributed by atoms with Gasteiger partial charge in [-0.1, -0.05) is 36.4 Å². The van der Waals surface area contributed by atoms with Gasteiger partial charge in [0.2, 0.25) is 0 Å². The number of carbonyl (C=O) groups excluding carboxylic acids is 1. The Labute approximate surface area is 187 Å². The zero-order chi connectivity index (χ0) is 22.5. The number of amides is 1. The van der Waals surface area contributed by atoms with E-state index in [4.69, 9.17) is 9.47 Å². The molecule has 1 saturated heterocycles. The summed E-state index contributed by atoms with van der Waals surface area (Å²) in [4.78, 5) is 27.3. The van der Waals surface area contributed by atoms with E-state index in [1.165, 1.54) is 7.11 Å². The predicted octanol–water partition coefficient (Wildman–Crippen LogP) is 3.48. The molecule has 0 saturated carbocycles. The molecule has 4 rings (SSSR count). The van der Waals surface area contributed by atoms with Gasteiger partial charge in [0.1, 0.15) is 0 Å². The third-order valence-corrected chi connectivity index (χ3v) is 5.90. The van der Waals surface area contributed by atoms with Gasteiger partial charge in [0.25, 0.3) is 11.5 Å². The summed E-state index contributed by atoms with van der Waals surface area (Å²) in [6, 6.07) is 18.5. The van der Waals surface area contributed by atoms with E-state index in [-0.39, 0.29) is 17.4 Å². The van der Waals surface area contributed by atoms with Crippen LogP contribution in [0.5, 0.6) is 11.5 Å². The summed E-state index contributed by atoms with van der Waals surface area (Å²) in [5.41, 5.74) is 2.15. The number of carbonyl (C=O) groups is 1. The largest absolute Gasteiger partial charge is 0.493 e. The molecule has 0 bridgehead atoms. The number of rotatable bonds is 6. The highest BCUT2D eigenvalue weighted by molar-refractivity contribution is 5.97. The molecule has 1 aliphatic rings. The Morgan fingerprint density at radius 3 is 2.41 bits per heavy atom. The Hall–Kier alpha value is -3.61. The monoisotopic (exact) mass is 433 g/mol. The molecule has 1 amide bonds. The lowest BCUT2D eigenvalue weighted by Gasteiger charge is -2.32. The van der Waals surface area contributed by atoms with E-state index in [1.54, 1.807) is 42.1 Å². The van der Waals surface area contributed by atoms with E-state index < -0.39 is 0 Å². The fourth-order valence-electron chi connectivity index (χ4n) is 4.13. The third kappa shape index (κ3) is 4.51. The summed E-state index contributed by atoms with van der Waals surface area (Å²) >= 11 is 0. The van der Waals surface area contributed by atoms with Crippen LogP contribution in [0.25, 0.3) is 11.3 Å². The fraction of sp³-hybridized carbons (Fsp3) is 0.320. The number of methoxy groups -OCH3 is 2. The van der Waals surface area contributed by atoms with E-state index in [0.29, 0.717) is 36.7 Å². The van der Waals surface area contributed by atoms with E-state index in [2.05, 4.69) is 5.10 Å². The van der Waals surface area contributed by atoms with E-state index in [9.17, 15) is 9.59 Å². The summed E-state index contributed by atoms with van der Waals surface area (Å²) in [6.07, 6.45) is 1.61. The highest BCUT2D eigenvalue weighted by Gasteiger charge is 2.27. The Morgan fingerprint density at radius 2 is 1.72 bits per heavy atom. The Balaban J connectivity index is 1.43. The van der Waals surface area contributed by atoms with Crippen molar-refractivity contribution >= 4 is 5.91 Å². The summed E-state index contributed by atoms with van der Waals surface area (Å²) in [6.45, 7) is 1.79. The number of nitrogens with zero attached hydrogens (tertiary/aromatic N) is 3. The van der Waals surface area contributed by atoms with Crippen molar-refractivity contribution < 1.29 is 14.3 Å². The molecule has 0 N–H and O–H groups in total. The van der Waals surface area contributed by atoms with Gasteiger partial charge in [0.05, 0.1) is 25.5 Å². The number of ether oxygens (including phenoxy) is 2. The second kappa shape index (κ2) is 9.68. The molecule has 0 unspecified atom stereocenters. The highest BCUT2D eigenvalue weighted by atomic mass is 16.5. The van der Waals surface area contributed by atoms with Crippen LogP contribution in [0.2, 0.25) is 0 Å². The molecule has 0 spiro atoms. The zero-order valence-corrected chi connectivity index (χ0v) is 18.4. The molecular weight excluding hydrogens is 406 g/mol. The number of hydrogen-bond acceptors (Lipinski definition) is 5. The van der Waals surface area contributed by atoms with E-state index in [1.807, 2.05) is 35.2 Å². The fourth-order valence-corrected chi connectivity index (χ4v) is 4.13. The van der Waals surface area contributed by atoms with Gasteiger partial charge < -0.3 is 14.4 Å². The molecule has 1 aromatic heterocycles. The number of benzene rings is 2. The number of piperidine rings is 1. The maximum atomic E-state index is 13.1. The standard InChI is InChI=1S/C25H27N3O4/c1-31-22-10-6-9-20(24(22)32-2)25(30)27-15-13-18(14-16-27)17-28-23(29)12-11-21(26-28)19-7-4-3-5-8-19/h3-12,18H,13-17H2,1-2H3. The maximum Gasteiger partial charge on any atom is 0.266 e. The van der Waals surface area contributed by atoms with Crippen LogP contribution < -0.4 is 15.0 Å². The third-order valence-electron chi connectivity index (χ3n) is 5.90. The normalized spacial score (nSPS) is 14.2. The van der Waals surface area contributed by atoms with Crippen molar-refractivity contribution in [2.24, 2.45) is 5.92 Å². The van der Waals surface area contributed by atoms with Crippen molar-refractivity contribution in [3.8, 4) is 22.8 Å². The first-order valence-electron chi connectivity index (χ1n) is 10.7. The Morgan fingerprint density at radius 1 is 0.969 bits per heavy atom. The summed E-state index contributed by atoms with van der Waals surface area (Å²) in [7, 11) is 3.09. The maximum absolute atomic E-state index is 13.1. The summed E-state index contributed by atoms with van der Waals surface area (Å²) < 4.78 is 12.3. The molecule has 0 aliphatic carbocycles. The second-order valence-corrected chi connectivity index (χ2v) is 7.88. The van der Waals surface area contributed by atoms with Crippen molar-refractivity contribution in [1.82, 2.24) is 14.7 Å². The van der Waals surface area contributed by atoms with Crippen molar-refractivity contribution in [2.75, 3.05) is 27.3 Å². The molecule has 1 aliphatic heterocycles. The van der Waals surface area contributed by atoms with Crippen LogP contribution in [0.3, 0.4) is 0 Å². The van der Waals surface area contributed by atoms with Crippen LogP contribution in [0, 0.1) is 5.92 Å². The quantitative estimate of drug-likeness (QED) is 0.595. The lowest BCUT2D eigenvalue weighted by atomic mass is 9.96.